The highest BCUT2D eigenvalue weighted by Gasteiger charge is 2.52. The zero-order valence-electron chi connectivity index (χ0n) is 22.5. The number of anilines is 1. The van der Waals surface area contributed by atoms with Gasteiger partial charge < -0.3 is 13.9 Å². The summed E-state index contributed by atoms with van der Waals surface area (Å²) in [6.07, 6.45) is 3.66. The molecule has 2 heterocycles. The molecule has 0 atom stereocenters. The van der Waals surface area contributed by atoms with E-state index < -0.39 is 19.0 Å². The fourth-order valence-corrected chi connectivity index (χ4v) is 6.20. The van der Waals surface area contributed by atoms with Crippen molar-refractivity contribution < 1.29 is 27.0 Å². The third-order valence-electron chi connectivity index (χ3n) is 9.30. The van der Waals surface area contributed by atoms with Crippen molar-refractivity contribution in [3.8, 4) is 11.4 Å². The topological polar surface area (TPSA) is 98.2 Å². The van der Waals surface area contributed by atoms with Gasteiger partial charge in [0.25, 0.3) is 11.8 Å². The monoisotopic (exact) mass is 555 g/mol. The molecule has 4 aliphatic rings. The molecule has 8 nitrogen and oxygen atoms in total. The van der Waals surface area contributed by atoms with E-state index in [9.17, 15) is 18.0 Å². The van der Waals surface area contributed by atoms with Gasteiger partial charge in [0.15, 0.2) is 5.82 Å². The number of hydrogen-bond acceptors (Lipinski definition) is 7. The zero-order chi connectivity index (χ0) is 28.1. The number of fused-ring (bicyclic) bond motifs is 3. The number of alkyl halides is 3. The Labute approximate surface area is 230 Å². The first kappa shape index (κ1) is 26.7. The second kappa shape index (κ2) is 9.85. The van der Waals surface area contributed by atoms with Gasteiger partial charge >= 0.3 is 6.43 Å². The number of nitrogens with zero attached hydrogens (tertiary/aromatic N) is 5. The van der Waals surface area contributed by atoms with Gasteiger partial charge in [-0.05, 0) is 68.9 Å². The van der Waals surface area contributed by atoms with Crippen LogP contribution in [0.15, 0.2) is 45.5 Å². The first-order valence-electron chi connectivity index (χ1n) is 13.8. The van der Waals surface area contributed by atoms with Crippen LogP contribution >= 0.6 is 0 Å². The van der Waals surface area contributed by atoms with Crippen LogP contribution in [0.2, 0.25) is 0 Å². The molecule has 3 aromatic rings. The Hall–Kier alpha value is -3.50. The summed E-state index contributed by atoms with van der Waals surface area (Å²) in [6.45, 7) is 5.73. The fraction of sp³-hybridized carbons (Fsp3) is 0.552. The SMILES string of the molecule is C=C(CCF)C(=O)N(CC12CCC(c3noc(C(F)F)n3)(CC1)CC2)c1cccc(-c2noc(C3(C)CC3)n2)c1. The fourth-order valence-electron chi connectivity index (χ4n) is 6.20. The van der Waals surface area contributed by atoms with Crippen molar-refractivity contribution in [2.45, 2.75) is 82.0 Å². The third kappa shape index (κ3) is 4.73. The highest BCUT2D eigenvalue weighted by molar-refractivity contribution is 6.05. The summed E-state index contributed by atoms with van der Waals surface area (Å²) in [6, 6.07) is 7.44. The molecule has 7 rings (SSSR count). The summed E-state index contributed by atoms with van der Waals surface area (Å²) in [7, 11) is 0. The van der Waals surface area contributed by atoms with Gasteiger partial charge in [0.2, 0.25) is 11.7 Å². The summed E-state index contributed by atoms with van der Waals surface area (Å²) < 4.78 is 49.7. The second-order valence-corrected chi connectivity index (χ2v) is 12.0. The van der Waals surface area contributed by atoms with Gasteiger partial charge in [-0.3, -0.25) is 9.18 Å². The smallest absolute Gasteiger partial charge is 0.315 e. The number of halogens is 3. The van der Waals surface area contributed by atoms with Crippen molar-refractivity contribution in [2.24, 2.45) is 5.41 Å². The van der Waals surface area contributed by atoms with E-state index in [1.54, 1.807) is 4.90 Å². The maximum absolute atomic E-state index is 13.6. The zero-order valence-corrected chi connectivity index (χ0v) is 22.5. The van der Waals surface area contributed by atoms with Crippen molar-refractivity contribution >= 4 is 11.6 Å². The lowest BCUT2D eigenvalue weighted by Gasteiger charge is -2.53. The van der Waals surface area contributed by atoms with Crippen LogP contribution in [0.1, 0.15) is 88.7 Å². The van der Waals surface area contributed by atoms with E-state index in [1.807, 2.05) is 24.3 Å². The van der Waals surface area contributed by atoms with E-state index in [2.05, 4.69) is 33.8 Å². The molecule has 0 saturated heterocycles. The quantitative estimate of drug-likeness (QED) is 0.258. The first-order chi connectivity index (χ1) is 19.2. The maximum atomic E-state index is 13.6. The maximum Gasteiger partial charge on any atom is 0.315 e. The van der Waals surface area contributed by atoms with E-state index in [1.165, 1.54) is 0 Å². The molecule has 0 N–H and O–H groups in total. The minimum Gasteiger partial charge on any atom is -0.338 e. The van der Waals surface area contributed by atoms with Crippen LogP contribution in [0.3, 0.4) is 0 Å². The van der Waals surface area contributed by atoms with Crippen LogP contribution in [0.4, 0.5) is 18.9 Å². The van der Waals surface area contributed by atoms with Crippen LogP contribution in [0.25, 0.3) is 11.4 Å². The van der Waals surface area contributed by atoms with Crippen LogP contribution in [0.5, 0.6) is 0 Å². The molecule has 0 radical (unpaired) electrons. The lowest BCUT2D eigenvalue weighted by Crippen LogP contribution is -2.51. The lowest BCUT2D eigenvalue weighted by atomic mass is 9.53. The molecule has 2 aromatic heterocycles. The number of carbonyl (C=O) groups excluding carboxylic acids is 1. The third-order valence-corrected chi connectivity index (χ3v) is 9.30. The second-order valence-electron chi connectivity index (χ2n) is 12.0. The molecule has 40 heavy (non-hydrogen) atoms. The van der Waals surface area contributed by atoms with E-state index in [4.69, 9.17) is 9.05 Å². The Balaban J connectivity index is 1.25. The number of benzene rings is 1. The Bertz CT molecular complexity index is 1400. The molecule has 0 spiro atoms. The van der Waals surface area contributed by atoms with E-state index in [0.717, 1.165) is 37.7 Å². The first-order valence-corrected chi connectivity index (χ1v) is 13.8. The molecule has 0 unspecified atom stereocenters. The van der Waals surface area contributed by atoms with Crippen LogP contribution in [0, 0.1) is 5.41 Å². The van der Waals surface area contributed by atoms with E-state index >= 15 is 0 Å². The van der Waals surface area contributed by atoms with Crippen LogP contribution < -0.4 is 4.90 Å². The Morgan fingerprint density at radius 3 is 2.40 bits per heavy atom. The lowest BCUT2D eigenvalue weighted by molar-refractivity contribution is -0.116. The Morgan fingerprint density at radius 2 is 1.77 bits per heavy atom. The van der Waals surface area contributed by atoms with Crippen molar-refractivity contribution in [3.05, 3.63) is 54.0 Å². The summed E-state index contributed by atoms with van der Waals surface area (Å²) in [4.78, 5) is 23.9. The van der Waals surface area contributed by atoms with Gasteiger partial charge in [-0.15, -0.1) is 0 Å². The van der Waals surface area contributed by atoms with E-state index in [0.29, 0.717) is 49.0 Å². The number of aromatic nitrogens is 4. The van der Waals surface area contributed by atoms with Gasteiger partial charge in [0.05, 0.1) is 6.67 Å². The molecule has 4 fully saturated rings. The van der Waals surface area contributed by atoms with E-state index in [-0.39, 0.29) is 34.1 Å². The normalized spacial score (nSPS) is 24.8. The Morgan fingerprint density at radius 1 is 1.05 bits per heavy atom. The summed E-state index contributed by atoms with van der Waals surface area (Å²) in [5.74, 6) is 0.473. The average Bonchev–Trinajstić information content (AvgIpc) is 3.36. The van der Waals surface area contributed by atoms with Gasteiger partial charge in [0, 0.05) is 40.6 Å². The molecule has 1 amide bonds. The number of rotatable bonds is 10. The molecule has 0 aliphatic heterocycles. The molecule has 4 saturated carbocycles. The van der Waals surface area contributed by atoms with Gasteiger partial charge in [-0.25, -0.2) is 0 Å². The standard InChI is InChI=1S/C29H32F3N5O3/c1-18(6-15-30)24(38)37(20-5-3-4-19(16-20)22-33-26(40-35-22)27(2)7-8-27)17-28-9-12-29(13-10-28,14-11-28)25-34-23(21(31)32)39-36-25/h3-5,16,21H,1,6-15,17H2,2H3. The molecule has 2 bridgehead atoms. The Kier molecular flexibility index (Phi) is 6.58. The largest absolute Gasteiger partial charge is 0.338 e. The van der Waals surface area contributed by atoms with Gasteiger partial charge in [-0.1, -0.05) is 35.9 Å². The minimum atomic E-state index is -2.80. The van der Waals surface area contributed by atoms with Gasteiger partial charge in [-0.2, -0.15) is 18.7 Å². The minimum absolute atomic E-state index is 0.0395. The van der Waals surface area contributed by atoms with Crippen LogP contribution in [-0.2, 0) is 15.6 Å². The predicted octanol–water partition coefficient (Wildman–Crippen LogP) is 6.65. The predicted molar refractivity (Wildman–Crippen MR) is 139 cm³/mol. The molecule has 1 aromatic carbocycles. The molecule has 212 valence electrons. The number of hydrogen-bond donors (Lipinski definition) is 0. The molecular weight excluding hydrogens is 523 g/mol. The number of carbonyl (C=O) groups is 1. The molecular formula is C29H32F3N5O3. The number of amides is 1. The van der Waals surface area contributed by atoms with Crippen molar-refractivity contribution in [1.29, 1.82) is 0 Å². The van der Waals surface area contributed by atoms with Crippen LogP contribution in [-0.4, -0.2) is 39.4 Å². The summed E-state index contributed by atoms with van der Waals surface area (Å²) in [5, 5.41) is 8.07. The van der Waals surface area contributed by atoms with Crippen molar-refractivity contribution in [2.75, 3.05) is 18.1 Å². The highest BCUT2D eigenvalue weighted by atomic mass is 19.3. The summed E-state index contributed by atoms with van der Waals surface area (Å²) in [5.41, 5.74) is 0.954. The summed E-state index contributed by atoms with van der Waals surface area (Å²) >= 11 is 0. The van der Waals surface area contributed by atoms with Crippen molar-refractivity contribution in [3.63, 3.8) is 0 Å². The van der Waals surface area contributed by atoms with Crippen molar-refractivity contribution in [1.82, 2.24) is 20.3 Å². The molecule has 11 heteroatoms. The average molecular weight is 556 g/mol. The van der Waals surface area contributed by atoms with Gasteiger partial charge in [0.1, 0.15) is 0 Å². The molecule has 4 aliphatic carbocycles. The highest BCUT2D eigenvalue weighted by Crippen LogP contribution is 2.57.